The van der Waals surface area contributed by atoms with Gasteiger partial charge in [-0.1, -0.05) is 47.5 Å². The third kappa shape index (κ3) is 10.0. The van der Waals surface area contributed by atoms with Gasteiger partial charge in [0.2, 0.25) is 0 Å². The summed E-state index contributed by atoms with van der Waals surface area (Å²) in [6, 6.07) is 20.3. The zero-order valence-corrected chi connectivity index (χ0v) is 30.8. The van der Waals surface area contributed by atoms with Gasteiger partial charge in [-0.25, -0.2) is 8.42 Å². The van der Waals surface area contributed by atoms with Crippen molar-refractivity contribution in [2.75, 3.05) is 25.0 Å². The summed E-state index contributed by atoms with van der Waals surface area (Å²) in [6.07, 6.45) is 2.91. The predicted octanol–water partition coefficient (Wildman–Crippen LogP) is 4.91. The Balaban J connectivity index is 0.00000325. The normalized spacial score (nSPS) is 14.2. The van der Waals surface area contributed by atoms with Crippen molar-refractivity contribution in [1.82, 2.24) is 9.29 Å². The quantitative estimate of drug-likeness (QED) is 0.118. The smallest absolute Gasteiger partial charge is 0.870 e. The largest absolute Gasteiger partial charge is 1.00 e. The first-order valence-corrected chi connectivity index (χ1v) is 17.1. The van der Waals surface area contributed by atoms with Crippen LogP contribution in [0.4, 0.5) is 18.9 Å². The molecule has 0 saturated carbocycles. The van der Waals surface area contributed by atoms with Crippen molar-refractivity contribution < 1.29 is 71.3 Å². The molecule has 258 valence electrons. The van der Waals surface area contributed by atoms with Gasteiger partial charge in [-0.05, 0) is 84.8 Å². The molecule has 49 heavy (non-hydrogen) atoms. The number of fused-ring (bicyclic) bond motifs is 1. The summed E-state index contributed by atoms with van der Waals surface area (Å²) in [5.74, 6) is -0.687. The summed E-state index contributed by atoms with van der Waals surface area (Å²) in [5.41, 5.74) is -1.40. The number of ether oxygens (including phenoxy) is 1. The summed E-state index contributed by atoms with van der Waals surface area (Å²) in [6.45, 7) is -0.286. The van der Waals surface area contributed by atoms with E-state index in [-0.39, 0.29) is 86.0 Å². The standard InChI is InChI=1S/C33H32Cl2F3N3O5S.Na.H2O/c34-24-8-4-21(5-9-24)31(22-6-10-25(35)11-7-22)23-19-27-28(40-26-13-16-41(17-14-26)47(44,45)33(36,37)38)12-15-39-32(27)29(20-23)46-18-2-1-3-30(42)43;;/h4-12,15,19-20,26,31H,1-3,13-14,16-18H2,(H,39,40)(H,42,43);;1H2/q;+1;/p-1. The van der Waals surface area contributed by atoms with E-state index in [1.807, 2.05) is 36.4 Å². The van der Waals surface area contributed by atoms with Crippen LogP contribution in [0.2, 0.25) is 10.0 Å². The summed E-state index contributed by atoms with van der Waals surface area (Å²) in [5, 5.41) is 14.3. The number of rotatable bonds is 12. The summed E-state index contributed by atoms with van der Waals surface area (Å²) in [7, 11) is -5.40. The van der Waals surface area contributed by atoms with E-state index in [1.165, 1.54) is 0 Å². The second kappa shape index (κ2) is 17.5. The second-order valence-corrected chi connectivity index (χ2v) is 14.1. The Labute approximate surface area is 314 Å². The van der Waals surface area contributed by atoms with Crippen molar-refractivity contribution >= 4 is 55.8 Å². The number of aliphatic carboxylic acids is 1. The second-order valence-electron chi connectivity index (χ2n) is 11.3. The molecule has 1 saturated heterocycles. The summed E-state index contributed by atoms with van der Waals surface area (Å²) >= 11 is 12.4. The fourth-order valence-corrected chi connectivity index (χ4v) is 6.94. The molecular weight excluding hydrogens is 717 g/mol. The van der Waals surface area contributed by atoms with Crippen molar-refractivity contribution in [3.8, 4) is 5.75 Å². The molecule has 0 unspecified atom stereocenters. The number of halogens is 5. The predicted molar refractivity (Wildman–Crippen MR) is 178 cm³/mol. The van der Waals surface area contributed by atoms with E-state index in [0.717, 1.165) is 16.7 Å². The number of benzene rings is 3. The van der Waals surface area contributed by atoms with Gasteiger partial charge >= 0.3 is 51.1 Å². The number of piperidine rings is 1. The van der Waals surface area contributed by atoms with Gasteiger partial charge in [0.1, 0.15) is 11.3 Å². The molecule has 1 aliphatic heterocycles. The zero-order valence-electron chi connectivity index (χ0n) is 26.5. The van der Waals surface area contributed by atoms with E-state index in [0.29, 0.717) is 49.5 Å². The molecule has 1 aromatic heterocycles. The summed E-state index contributed by atoms with van der Waals surface area (Å²) < 4.78 is 69.9. The maximum Gasteiger partial charge on any atom is 1.00 e. The van der Waals surface area contributed by atoms with Gasteiger partial charge in [-0.15, -0.1) is 0 Å². The molecule has 16 heteroatoms. The van der Waals surface area contributed by atoms with E-state index in [2.05, 4.69) is 10.3 Å². The Hall–Kier alpha value is -2.62. The number of hydrogen-bond acceptors (Lipinski definition) is 7. The van der Waals surface area contributed by atoms with Gasteiger partial charge in [0.25, 0.3) is 0 Å². The van der Waals surface area contributed by atoms with Crippen LogP contribution in [0.25, 0.3) is 10.9 Å². The Morgan fingerprint density at radius 3 is 2.06 bits per heavy atom. The topological polar surface area (TPSA) is 139 Å². The van der Waals surface area contributed by atoms with Crippen molar-refractivity contribution in [3.63, 3.8) is 0 Å². The molecule has 0 radical (unpaired) electrons. The summed E-state index contributed by atoms with van der Waals surface area (Å²) in [4.78, 5) is 15.6. The van der Waals surface area contributed by atoms with Crippen LogP contribution in [-0.2, 0) is 14.8 Å². The molecule has 5 rings (SSSR count). The number of carboxylic acid groups (broad SMARTS) is 1. The molecule has 9 nitrogen and oxygen atoms in total. The molecule has 3 N–H and O–H groups in total. The molecule has 0 aliphatic carbocycles. The van der Waals surface area contributed by atoms with Crippen LogP contribution in [-0.4, -0.2) is 65.5 Å². The number of sulfonamides is 1. The maximum absolute atomic E-state index is 13.1. The molecule has 0 bridgehead atoms. The van der Waals surface area contributed by atoms with E-state index in [9.17, 15) is 26.4 Å². The van der Waals surface area contributed by atoms with E-state index >= 15 is 0 Å². The number of pyridine rings is 1. The number of anilines is 1. The van der Waals surface area contributed by atoms with Gasteiger partial charge in [0.15, 0.2) is 0 Å². The Kier molecular flexibility index (Phi) is 14.6. The third-order valence-electron chi connectivity index (χ3n) is 8.06. The van der Waals surface area contributed by atoms with Crippen LogP contribution in [0.3, 0.4) is 0 Å². The molecule has 4 aromatic rings. The molecule has 0 amide bonds. The van der Waals surface area contributed by atoms with Gasteiger partial charge < -0.3 is 20.6 Å². The molecule has 0 atom stereocenters. The number of nitrogens with zero attached hydrogens (tertiary/aromatic N) is 2. The Bertz CT molecular complexity index is 1780. The van der Waals surface area contributed by atoms with Gasteiger partial charge in [0.05, 0.1) is 6.61 Å². The number of carboxylic acids is 1. The number of unbranched alkanes of at least 4 members (excludes halogenated alkanes) is 1. The van der Waals surface area contributed by atoms with Crippen LogP contribution in [0.5, 0.6) is 5.75 Å². The first kappa shape index (κ1) is 40.8. The molecule has 1 fully saturated rings. The minimum absolute atomic E-state index is 0. The van der Waals surface area contributed by atoms with E-state index in [1.54, 1.807) is 36.5 Å². The van der Waals surface area contributed by atoms with Crippen LogP contribution >= 0.6 is 23.2 Å². The van der Waals surface area contributed by atoms with E-state index in [4.69, 9.17) is 33.0 Å². The molecular formula is C33H33Cl2F3N3NaO6S. The van der Waals surface area contributed by atoms with Crippen molar-refractivity contribution in [2.45, 2.75) is 49.6 Å². The fourth-order valence-electron chi connectivity index (χ4n) is 5.70. The number of aromatic nitrogens is 1. The van der Waals surface area contributed by atoms with Crippen molar-refractivity contribution in [1.29, 1.82) is 0 Å². The SMILES string of the molecule is O=C(O)CCCCOc1cc(C(c2ccc(Cl)cc2)c2ccc(Cl)cc2)cc2c(NC3CCN(S(=O)(=O)C(F)(F)F)CC3)ccnc12.[Na+].[OH-]. The monoisotopic (exact) mass is 749 g/mol. The number of hydrogen-bond donors (Lipinski definition) is 2. The van der Waals surface area contributed by atoms with Crippen LogP contribution in [0, 0.1) is 0 Å². The van der Waals surface area contributed by atoms with Crippen LogP contribution in [0.1, 0.15) is 54.7 Å². The Morgan fingerprint density at radius 1 is 0.959 bits per heavy atom. The zero-order chi connectivity index (χ0) is 33.8. The first-order valence-electron chi connectivity index (χ1n) is 14.9. The van der Waals surface area contributed by atoms with Crippen molar-refractivity contribution in [3.05, 3.63) is 99.7 Å². The average molecular weight is 751 g/mol. The number of carbonyl (C=O) groups is 1. The minimum atomic E-state index is -5.40. The first-order chi connectivity index (χ1) is 22.3. The van der Waals surface area contributed by atoms with Gasteiger partial charge in [-0.3, -0.25) is 9.78 Å². The van der Waals surface area contributed by atoms with Crippen molar-refractivity contribution in [2.24, 2.45) is 0 Å². The van der Waals surface area contributed by atoms with E-state index < -0.39 is 21.5 Å². The number of nitrogens with one attached hydrogen (secondary N) is 1. The van der Waals surface area contributed by atoms with Gasteiger partial charge in [-0.2, -0.15) is 17.5 Å². The fraction of sp³-hybridized carbons (Fsp3) is 0.333. The van der Waals surface area contributed by atoms with Crippen LogP contribution in [0.15, 0.2) is 72.9 Å². The molecule has 1 aliphatic rings. The van der Waals surface area contributed by atoms with Gasteiger partial charge in [0, 0.05) is 58.8 Å². The maximum atomic E-state index is 13.1. The molecule has 2 heterocycles. The number of alkyl halides is 3. The van der Waals surface area contributed by atoms with Crippen LogP contribution < -0.4 is 39.6 Å². The third-order valence-corrected chi connectivity index (χ3v) is 10.2. The Morgan fingerprint density at radius 2 is 1.53 bits per heavy atom. The minimum Gasteiger partial charge on any atom is -0.870 e. The molecule has 0 spiro atoms. The average Bonchev–Trinajstić information content (AvgIpc) is 3.03. The molecule has 3 aromatic carbocycles.